The third-order valence-electron chi connectivity index (χ3n) is 6.44. The molecule has 4 aromatic rings. The SMILES string of the molecule is Cc1nn(-c2ccccc2)cc1C(O)C(O)CNC(=O)OCC1c2ccccc2-c2ccccc21. The number of ether oxygens (including phenoxy) is 1. The Morgan fingerprint density at radius 3 is 2.23 bits per heavy atom. The predicted octanol–water partition coefficient (Wildman–Crippen LogP) is 4.11. The normalized spacial score (nSPS) is 14.1. The highest BCUT2D eigenvalue weighted by Gasteiger charge is 2.29. The minimum Gasteiger partial charge on any atom is -0.449 e. The molecule has 0 saturated carbocycles. The number of nitrogens with one attached hydrogen (secondary N) is 1. The Balaban J connectivity index is 1.18. The largest absolute Gasteiger partial charge is 0.449 e. The van der Waals surface area contributed by atoms with Gasteiger partial charge in [-0.25, -0.2) is 9.48 Å². The predicted molar refractivity (Wildman–Crippen MR) is 132 cm³/mol. The second-order valence-corrected chi connectivity index (χ2v) is 8.67. The third-order valence-corrected chi connectivity index (χ3v) is 6.44. The highest BCUT2D eigenvalue weighted by molar-refractivity contribution is 5.79. The molecule has 178 valence electrons. The number of aliphatic hydroxyl groups is 2. The first-order valence-corrected chi connectivity index (χ1v) is 11.6. The summed E-state index contributed by atoms with van der Waals surface area (Å²) in [6.45, 7) is 1.79. The molecular formula is C28H27N3O4. The van der Waals surface area contributed by atoms with Gasteiger partial charge in [-0.3, -0.25) is 0 Å². The smallest absolute Gasteiger partial charge is 0.407 e. The maximum Gasteiger partial charge on any atom is 0.407 e. The fourth-order valence-electron chi connectivity index (χ4n) is 4.63. The van der Waals surface area contributed by atoms with Crippen LogP contribution in [0.4, 0.5) is 4.79 Å². The molecular weight excluding hydrogens is 442 g/mol. The first-order valence-electron chi connectivity index (χ1n) is 11.6. The quantitative estimate of drug-likeness (QED) is 0.379. The van der Waals surface area contributed by atoms with Gasteiger partial charge in [0.05, 0.1) is 11.4 Å². The van der Waals surface area contributed by atoms with E-state index in [4.69, 9.17) is 4.74 Å². The Hall–Kier alpha value is -3.94. The molecule has 0 radical (unpaired) electrons. The van der Waals surface area contributed by atoms with Crippen LogP contribution in [0.25, 0.3) is 16.8 Å². The molecule has 2 unspecified atom stereocenters. The van der Waals surface area contributed by atoms with E-state index < -0.39 is 18.3 Å². The first kappa shape index (κ1) is 22.8. The number of aromatic nitrogens is 2. The van der Waals surface area contributed by atoms with Crippen molar-refractivity contribution in [3.63, 3.8) is 0 Å². The van der Waals surface area contributed by atoms with Gasteiger partial charge in [0.2, 0.25) is 0 Å². The van der Waals surface area contributed by atoms with Crippen molar-refractivity contribution in [1.29, 1.82) is 0 Å². The molecule has 3 N–H and O–H groups in total. The zero-order chi connectivity index (χ0) is 24.4. The summed E-state index contributed by atoms with van der Waals surface area (Å²) in [4.78, 5) is 12.4. The van der Waals surface area contributed by atoms with E-state index in [1.54, 1.807) is 17.8 Å². The number of rotatable bonds is 7. The average molecular weight is 470 g/mol. The molecule has 1 aliphatic carbocycles. The minimum atomic E-state index is -1.22. The average Bonchev–Trinajstić information content (AvgIpc) is 3.44. The van der Waals surface area contributed by atoms with E-state index in [9.17, 15) is 15.0 Å². The van der Waals surface area contributed by atoms with Crippen molar-refractivity contribution >= 4 is 6.09 Å². The molecule has 1 aromatic heterocycles. The van der Waals surface area contributed by atoms with Crippen molar-refractivity contribution in [2.45, 2.75) is 25.0 Å². The van der Waals surface area contributed by atoms with Gasteiger partial charge >= 0.3 is 6.09 Å². The summed E-state index contributed by atoms with van der Waals surface area (Å²) in [6.07, 6.45) is -1.38. The maximum atomic E-state index is 12.4. The van der Waals surface area contributed by atoms with Crippen molar-refractivity contribution in [3.05, 3.63) is 107 Å². The summed E-state index contributed by atoms with van der Waals surface area (Å²) in [5.41, 5.74) is 6.51. The van der Waals surface area contributed by atoms with Crippen molar-refractivity contribution in [3.8, 4) is 16.8 Å². The van der Waals surface area contributed by atoms with Gasteiger partial charge in [-0.15, -0.1) is 0 Å². The van der Waals surface area contributed by atoms with Gasteiger partial charge in [0.15, 0.2) is 0 Å². The first-order chi connectivity index (χ1) is 17.0. The van der Waals surface area contributed by atoms with E-state index in [-0.39, 0.29) is 19.1 Å². The molecule has 5 rings (SSSR count). The Morgan fingerprint density at radius 1 is 0.971 bits per heavy atom. The molecule has 3 aromatic carbocycles. The van der Waals surface area contributed by atoms with Crippen LogP contribution in [0.15, 0.2) is 85.1 Å². The molecule has 7 nitrogen and oxygen atoms in total. The Labute approximate surface area is 203 Å². The van der Waals surface area contributed by atoms with Crippen LogP contribution in [0, 0.1) is 6.92 Å². The van der Waals surface area contributed by atoms with E-state index in [1.807, 2.05) is 54.6 Å². The lowest BCUT2D eigenvalue weighted by molar-refractivity contribution is 0.0182. The molecule has 0 bridgehead atoms. The zero-order valence-corrected chi connectivity index (χ0v) is 19.3. The minimum absolute atomic E-state index is 0.0462. The number of nitrogens with zero attached hydrogens (tertiary/aromatic N) is 2. The van der Waals surface area contributed by atoms with E-state index in [1.165, 1.54) is 0 Å². The second-order valence-electron chi connectivity index (χ2n) is 8.67. The van der Waals surface area contributed by atoms with E-state index >= 15 is 0 Å². The summed E-state index contributed by atoms with van der Waals surface area (Å²) in [5, 5.41) is 28.2. The number of aliphatic hydroxyl groups excluding tert-OH is 2. The van der Waals surface area contributed by atoms with E-state index in [0.29, 0.717) is 11.3 Å². The number of benzene rings is 3. The van der Waals surface area contributed by atoms with Gasteiger partial charge in [-0.05, 0) is 41.3 Å². The Kier molecular flexibility index (Phi) is 6.35. The van der Waals surface area contributed by atoms with Crippen LogP contribution >= 0.6 is 0 Å². The molecule has 0 fully saturated rings. The van der Waals surface area contributed by atoms with Crippen molar-refractivity contribution < 1.29 is 19.7 Å². The molecule has 1 amide bonds. The lowest BCUT2D eigenvalue weighted by Crippen LogP contribution is -2.36. The number of carbonyl (C=O) groups is 1. The fraction of sp³-hybridized carbons (Fsp3) is 0.214. The van der Waals surface area contributed by atoms with Crippen molar-refractivity contribution in [1.82, 2.24) is 15.1 Å². The maximum absolute atomic E-state index is 12.4. The van der Waals surface area contributed by atoms with E-state index in [2.05, 4.69) is 34.7 Å². The van der Waals surface area contributed by atoms with Crippen LogP contribution in [-0.2, 0) is 4.74 Å². The highest BCUT2D eigenvalue weighted by Crippen LogP contribution is 2.44. The van der Waals surface area contributed by atoms with Crippen LogP contribution in [0.2, 0.25) is 0 Å². The summed E-state index contributed by atoms with van der Waals surface area (Å²) < 4.78 is 7.15. The van der Waals surface area contributed by atoms with Gasteiger partial charge in [-0.2, -0.15) is 5.10 Å². The van der Waals surface area contributed by atoms with Gasteiger partial charge in [0, 0.05) is 24.2 Å². The molecule has 0 saturated heterocycles. The number of para-hydroxylation sites is 1. The van der Waals surface area contributed by atoms with Crippen LogP contribution < -0.4 is 5.32 Å². The second kappa shape index (κ2) is 9.74. The zero-order valence-electron chi connectivity index (χ0n) is 19.3. The molecule has 1 aliphatic rings. The summed E-state index contributed by atoms with van der Waals surface area (Å²) in [6, 6.07) is 25.7. The molecule has 1 heterocycles. The van der Waals surface area contributed by atoms with Crippen LogP contribution in [0.5, 0.6) is 0 Å². The highest BCUT2D eigenvalue weighted by atomic mass is 16.5. The summed E-state index contributed by atoms with van der Waals surface area (Å²) >= 11 is 0. The molecule has 0 aliphatic heterocycles. The summed E-state index contributed by atoms with van der Waals surface area (Å²) in [5.74, 6) is -0.0462. The van der Waals surface area contributed by atoms with Crippen LogP contribution in [0.3, 0.4) is 0 Å². The topological polar surface area (TPSA) is 96.6 Å². The third kappa shape index (κ3) is 4.56. The lowest BCUT2D eigenvalue weighted by atomic mass is 9.98. The van der Waals surface area contributed by atoms with Crippen molar-refractivity contribution in [2.75, 3.05) is 13.2 Å². The Bertz CT molecular complexity index is 1290. The standard InChI is InChI=1S/C28H27N3O4/c1-18-24(16-31(30-18)19-9-3-2-4-10-19)27(33)26(32)15-29-28(34)35-17-25-22-13-7-5-11-20(22)21-12-6-8-14-23(21)25/h2-14,16,25-27,32-33H,15,17H2,1H3,(H,29,34). The van der Waals surface area contributed by atoms with Crippen molar-refractivity contribution in [2.24, 2.45) is 0 Å². The molecule has 2 atom stereocenters. The molecule has 0 spiro atoms. The summed E-state index contributed by atoms with van der Waals surface area (Å²) in [7, 11) is 0. The Morgan fingerprint density at radius 2 is 1.57 bits per heavy atom. The number of hydrogen-bond acceptors (Lipinski definition) is 5. The van der Waals surface area contributed by atoms with Crippen LogP contribution in [0.1, 0.15) is 34.4 Å². The number of amides is 1. The number of carbonyl (C=O) groups excluding carboxylic acids is 1. The number of hydrogen-bond donors (Lipinski definition) is 3. The van der Waals surface area contributed by atoms with E-state index in [0.717, 1.165) is 27.9 Å². The monoisotopic (exact) mass is 469 g/mol. The fourth-order valence-corrected chi connectivity index (χ4v) is 4.63. The number of fused-ring (bicyclic) bond motifs is 3. The van der Waals surface area contributed by atoms with Crippen LogP contribution in [-0.4, -0.2) is 45.3 Å². The van der Waals surface area contributed by atoms with Gasteiger partial charge in [-0.1, -0.05) is 66.7 Å². The molecule has 7 heteroatoms. The number of aryl methyl sites for hydroxylation is 1. The van der Waals surface area contributed by atoms with Gasteiger partial charge in [0.1, 0.15) is 18.8 Å². The van der Waals surface area contributed by atoms with Gasteiger partial charge < -0.3 is 20.3 Å². The number of alkyl carbamates (subject to hydrolysis) is 1. The lowest BCUT2D eigenvalue weighted by Gasteiger charge is -2.19. The molecule has 35 heavy (non-hydrogen) atoms. The van der Waals surface area contributed by atoms with Gasteiger partial charge in [0.25, 0.3) is 0 Å².